The molecule has 2 N–H and O–H groups in total. The first kappa shape index (κ1) is 14.0. The second-order valence-corrected chi connectivity index (χ2v) is 4.04. The number of rotatable bonds is 3. The SMILES string of the molecule is NCC#Cc1ccc(COc2c(F)cccc2F)cc1. The van der Waals surface area contributed by atoms with Crippen molar-refractivity contribution in [3.63, 3.8) is 0 Å². The van der Waals surface area contributed by atoms with E-state index >= 15 is 0 Å². The van der Waals surface area contributed by atoms with Crippen molar-refractivity contribution in [2.45, 2.75) is 6.61 Å². The van der Waals surface area contributed by atoms with Gasteiger partial charge < -0.3 is 10.5 Å². The van der Waals surface area contributed by atoms with Crippen molar-refractivity contribution in [3.05, 3.63) is 65.2 Å². The minimum absolute atomic E-state index is 0.0858. The van der Waals surface area contributed by atoms with E-state index in [0.29, 0.717) is 6.54 Å². The summed E-state index contributed by atoms with van der Waals surface area (Å²) in [5.41, 5.74) is 6.91. The van der Waals surface area contributed by atoms with E-state index in [1.165, 1.54) is 6.07 Å². The van der Waals surface area contributed by atoms with E-state index < -0.39 is 11.6 Å². The standard InChI is InChI=1S/C16H13F2NO/c17-14-4-1-5-15(18)16(14)20-11-13-8-6-12(7-9-13)3-2-10-19/h1,4-9H,10-11,19H2. The van der Waals surface area contributed by atoms with E-state index in [-0.39, 0.29) is 12.4 Å². The molecule has 102 valence electrons. The summed E-state index contributed by atoms with van der Waals surface area (Å²) in [6.07, 6.45) is 0. The van der Waals surface area contributed by atoms with E-state index in [1.807, 2.05) is 0 Å². The highest BCUT2D eigenvalue weighted by molar-refractivity contribution is 5.36. The number of para-hydroxylation sites is 1. The largest absolute Gasteiger partial charge is 0.483 e. The first-order valence-corrected chi connectivity index (χ1v) is 6.05. The lowest BCUT2D eigenvalue weighted by atomic mass is 10.1. The maximum atomic E-state index is 13.4. The quantitative estimate of drug-likeness (QED) is 0.873. The zero-order valence-corrected chi connectivity index (χ0v) is 10.7. The van der Waals surface area contributed by atoms with Crippen LogP contribution in [0.2, 0.25) is 0 Å². The van der Waals surface area contributed by atoms with E-state index in [1.54, 1.807) is 24.3 Å². The summed E-state index contributed by atoms with van der Waals surface area (Å²) in [6.45, 7) is 0.389. The van der Waals surface area contributed by atoms with Gasteiger partial charge in [0.15, 0.2) is 17.4 Å². The minimum Gasteiger partial charge on any atom is -0.483 e. The highest BCUT2D eigenvalue weighted by Gasteiger charge is 2.09. The molecule has 2 aromatic carbocycles. The van der Waals surface area contributed by atoms with Crippen LogP contribution in [0, 0.1) is 23.5 Å². The highest BCUT2D eigenvalue weighted by atomic mass is 19.1. The third kappa shape index (κ3) is 3.56. The smallest absolute Gasteiger partial charge is 0.191 e. The second kappa shape index (κ2) is 6.69. The molecule has 0 atom stereocenters. The molecule has 2 rings (SSSR count). The maximum Gasteiger partial charge on any atom is 0.191 e. The molecule has 2 nitrogen and oxygen atoms in total. The summed E-state index contributed by atoms with van der Waals surface area (Å²) < 4.78 is 31.9. The van der Waals surface area contributed by atoms with E-state index in [4.69, 9.17) is 10.5 Å². The fourth-order valence-electron chi connectivity index (χ4n) is 1.61. The van der Waals surface area contributed by atoms with Gasteiger partial charge in [-0.05, 0) is 29.8 Å². The molecular weight excluding hydrogens is 260 g/mol. The van der Waals surface area contributed by atoms with Gasteiger partial charge in [0.05, 0.1) is 6.54 Å². The Kier molecular flexibility index (Phi) is 4.70. The van der Waals surface area contributed by atoms with Crippen molar-refractivity contribution in [2.24, 2.45) is 5.73 Å². The van der Waals surface area contributed by atoms with Crippen LogP contribution in [0.25, 0.3) is 0 Å². The summed E-state index contributed by atoms with van der Waals surface area (Å²) in [7, 11) is 0. The predicted molar refractivity (Wildman–Crippen MR) is 73.1 cm³/mol. The van der Waals surface area contributed by atoms with Crippen LogP contribution in [0.15, 0.2) is 42.5 Å². The van der Waals surface area contributed by atoms with Crippen molar-refractivity contribution in [1.82, 2.24) is 0 Å². The Morgan fingerprint density at radius 3 is 2.25 bits per heavy atom. The molecule has 0 amide bonds. The van der Waals surface area contributed by atoms with Crippen LogP contribution in [0.5, 0.6) is 5.75 Å². The monoisotopic (exact) mass is 273 g/mol. The lowest BCUT2D eigenvalue weighted by Gasteiger charge is -2.08. The van der Waals surface area contributed by atoms with Gasteiger partial charge in [-0.3, -0.25) is 0 Å². The maximum absolute atomic E-state index is 13.4. The third-order valence-electron chi connectivity index (χ3n) is 2.59. The Labute approximate surface area is 116 Å². The van der Waals surface area contributed by atoms with Gasteiger partial charge in [0.2, 0.25) is 0 Å². The van der Waals surface area contributed by atoms with Crippen LogP contribution in [-0.4, -0.2) is 6.54 Å². The van der Waals surface area contributed by atoms with Crippen LogP contribution in [0.3, 0.4) is 0 Å². The average molecular weight is 273 g/mol. The highest BCUT2D eigenvalue weighted by Crippen LogP contribution is 2.22. The van der Waals surface area contributed by atoms with Crippen LogP contribution in [-0.2, 0) is 6.61 Å². The van der Waals surface area contributed by atoms with Gasteiger partial charge in [-0.2, -0.15) is 0 Å². The molecular formula is C16H13F2NO. The number of ether oxygens (including phenoxy) is 1. The van der Waals surface area contributed by atoms with Gasteiger partial charge in [-0.15, -0.1) is 0 Å². The summed E-state index contributed by atoms with van der Waals surface area (Å²) in [5.74, 6) is 3.85. The molecule has 0 saturated carbocycles. The summed E-state index contributed by atoms with van der Waals surface area (Å²) in [6, 6.07) is 10.8. The molecule has 0 heterocycles. The molecule has 0 aliphatic heterocycles. The van der Waals surface area contributed by atoms with Gasteiger partial charge in [0, 0.05) is 5.56 Å². The molecule has 0 aromatic heterocycles. The topological polar surface area (TPSA) is 35.2 Å². The fraction of sp³-hybridized carbons (Fsp3) is 0.125. The van der Waals surface area contributed by atoms with Crippen molar-refractivity contribution >= 4 is 0 Å². The van der Waals surface area contributed by atoms with E-state index in [2.05, 4.69) is 11.8 Å². The Bertz CT molecular complexity index is 622. The molecule has 0 unspecified atom stereocenters. The van der Waals surface area contributed by atoms with Crippen LogP contribution in [0.4, 0.5) is 8.78 Å². The van der Waals surface area contributed by atoms with Crippen molar-refractivity contribution in [2.75, 3.05) is 6.54 Å². The zero-order valence-electron chi connectivity index (χ0n) is 10.7. The molecule has 20 heavy (non-hydrogen) atoms. The van der Waals surface area contributed by atoms with Crippen LogP contribution in [0.1, 0.15) is 11.1 Å². The molecule has 0 aliphatic rings. The van der Waals surface area contributed by atoms with E-state index in [0.717, 1.165) is 23.3 Å². The van der Waals surface area contributed by atoms with Gasteiger partial charge in [-0.25, -0.2) is 8.78 Å². The second-order valence-electron chi connectivity index (χ2n) is 4.04. The van der Waals surface area contributed by atoms with Crippen molar-refractivity contribution < 1.29 is 13.5 Å². The Balaban J connectivity index is 2.04. The number of halogens is 2. The summed E-state index contributed by atoms with van der Waals surface area (Å²) in [5, 5.41) is 0. The summed E-state index contributed by atoms with van der Waals surface area (Å²) in [4.78, 5) is 0. The van der Waals surface area contributed by atoms with Crippen molar-refractivity contribution in [3.8, 4) is 17.6 Å². The van der Waals surface area contributed by atoms with Gasteiger partial charge in [0.1, 0.15) is 6.61 Å². The zero-order chi connectivity index (χ0) is 14.4. The average Bonchev–Trinajstić information content (AvgIpc) is 2.46. The molecule has 2 aromatic rings. The van der Waals surface area contributed by atoms with Crippen LogP contribution >= 0.6 is 0 Å². The molecule has 0 fully saturated rings. The first-order valence-electron chi connectivity index (χ1n) is 6.05. The molecule has 0 saturated heterocycles. The molecule has 0 bridgehead atoms. The summed E-state index contributed by atoms with van der Waals surface area (Å²) >= 11 is 0. The first-order chi connectivity index (χ1) is 9.70. The Morgan fingerprint density at radius 2 is 1.65 bits per heavy atom. The van der Waals surface area contributed by atoms with E-state index in [9.17, 15) is 8.78 Å². The Hall–Kier alpha value is -2.38. The molecule has 4 heteroatoms. The van der Waals surface area contributed by atoms with Gasteiger partial charge >= 0.3 is 0 Å². The number of hydrogen-bond donors (Lipinski definition) is 1. The van der Waals surface area contributed by atoms with Gasteiger partial charge in [0.25, 0.3) is 0 Å². The number of hydrogen-bond acceptors (Lipinski definition) is 2. The number of benzene rings is 2. The normalized spacial score (nSPS) is 9.75. The lowest BCUT2D eigenvalue weighted by Crippen LogP contribution is -1.99. The number of nitrogens with two attached hydrogens (primary N) is 1. The lowest BCUT2D eigenvalue weighted by molar-refractivity contribution is 0.274. The molecule has 0 radical (unpaired) electrons. The van der Waals surface area contributed by atoms with Crippen molar-refractivity contribution in [1.29, 1.82) is 0 Å². The Morgan fingerprint density at radius 1 is 1.00 bits per heavy atom. The minimum atomic E-state index is -0.713. The fourth-order valence-corrected chi connectivity index (χ4v) is 1.61. The molecule has 0 spiro atoms. The van der Waals surface area contributed by atoms with Crippen LogP contribution < -0.4 is 10.5 Å². The third-order valence-corrected chi connectivity index (χ3v) is 2.59. The predicted octanol–water partition coefficient (Wildman–Crippen LogP) is 2.85. The molecule has 0 aliphatic carbocycles. The van der Waals surface area contributed by atoms with Gasteiger partial charge in [-0.1, -0.05) is 30.0 Å².